The van der Waals surface area contributed by atoms with E-state index in [1.165, 1.54) is 34.0 Å². The van der Waals surface area contributed by atoms with Crippen molar-refractivity contribution in [1.29, 1.82) is 0 Å². The number of aryl methyl sites for hydroxylation is 3. The normalized spacial score (nSPS) is 19.7. The van der Waals surface area contributed by atoms with Gasteiger partial charge in [-0.2, -0.15) is 10.1 Å². The standard InChI is InChI=1S/C21H21N3OS/c1-13-8-9-16(10-15(13)3)18-11-19(17-7-5-4-6-14(17)2)24(23-18)21-22-20(25)12-26-21/h4-10,19H,11-12H2,1-3H3. The van der Waals surface area contributed by atoms with Crippen LogP contribution in [0.4, 0.5) is 0 Å². The highest BCUT2D eigenvalue weighted by Gasteiger charge is 2.35. The van der Waals surface area contributed by atoms with Gasteiger partial charge in [0.25, 0.3) is 5.91 Å². The molecule has 0 aliphatic carbocycles. The van der Waals surface area contributed by atoms with Gasteiger partial charge in [0, 0.05) is 6.42 Å². The Morgan fingerprint density at radius 2 is 1.85 bits per heavy atom. The van der Waals surface area contributed by atoms with E-state index in [-0.39, 0.29) is 11.9 Å². The number of thioether (sulfide) groups is 1. The van der Waals surface area contributed by atoms with E-state index < -0.39 is 0 Å². The molecule has 0 spiro atoms. The van der Waals surface area contributed by atoms with E-state index in [9.17, 15) is 4.79 Å². The summed E-state index contributed by atoms with van der Waals surface area (Å²) in [7, 11) is 0. The second kappa shape index (κ2) is 6.72. The second-order valence-electron chi connectivity index (χ2n) is 6.84. The summed E-state index contributed by atoms with van der Waals surface area (Å²) < 4.78 is 0. The van der Waals surface area contributed by atoms with Crippen molar-refractivity contribution in [2.75, 3.05) is 5.75 Å². The lowest BCUT2D eigenvalue weighted by molar-refractivity contribution is -0.115. The van der Waals surface area contributed by atoms with Crippen LogP contribution in [-0.4, -0.2) is 27.5 Å². The monoisotopic (exact) mass is 363 g/mol. The number of carbonyl (C=O) groups excluding carboxylic acids is 1. The van der Waals surface area contributed by atoms with Gasteiger partial charge in [0.2, 0.25) is 0 Å². The van der Waals surface area contributed by atoms with Crippen molar-refractivity contribution in [1.82, 2.24) is 5.01 Å². The zero-order chi connectivity index (χ0) is 18.3. The number of benzene rings is 2. The lowest BCUT2D eigenvalue weighted by Crippen LogP contribution is -2.24. The molecule has 2 heterocycles. The molecule has 2 aliphatic heterocycles. The van der Waals surface area contributed by atoms with Gasteiger partial charge in [-0.15, -0.1) is 0 Å². The Balaban J connectivity index is 1.75. The number of aliphatic imine (C=N–C) groups is 1. The first-order valence-electron chi connectivity index (χ1n) is 8.77. The van der Waals surface area contributed by atoms with Crippen LogP contribution in [-0.2, 0) is 4.79 Å². The fourth-order valence-electron chi connectivity index (χ4n) is 3.40. The Labute approximate surface area is 158 Å². The minimum absolute atomic E-state index is 0.0740. The predicted molar refractivity (Wildman–Crippen MR) is 108 cm³/mol. The lowest BCUT2D eigenvalue weighted by atomic mass is 9.94. The molecule has 0 radical (unpaired) electrons. The predicted octanol–water partition coefficient (Wildman–Crippen LogP) is 4.39. The maximum absolute atomic E-state index is 11.7. The van der Waals surface area contributed by atoms with Crippen molar-refractivity contribution in [2.24, 2.45) is 10.1 Å². The highest BCUT2D eigenvalue weighted by Crippen LogP contribution is 2.37. The Hall–Kier alpha value is -2.40. The van der Waals surface area contributed by atoms with Crippen LogP contribution in [0.15, 0.2) is 52.6 Å². The molecule has 2 aromatic rings. The van der Waals surface area contributed by atoms with Gasteiger partial charge in [-0.1, -0.05) is 48.2 Å². The van der Waals surface area contributed by atoms with Crippen LogP contribution >= 0.6 is 11.8 Å². The van der Waals surface area contributed by atoms with Crippen LogP contribution in [0.5, 0.6) is 0 Å². The molecule has 0 saturated carbocycles. The van der Waals surface area contributed by atoms with Gasteiger partial charge in [-0.25, -0.2) is 5.01 Å². The number of rotatable bonds is 2. The highest BCUT2D eigenvalue weighted by atomic mass is 32.2. The third kappa shape index (κ3) is 3.07. The molecular weight excluding hydrogens is 342 g/mol. The molecule has 2 aromatic carbocycles. The minimum Gasteiger partial charge on any atom is -0.272 e. The fourth-order valence-corrected chi connectivity index (χ4v) is 4.18. The SMILES string of the molecule is Cc1ccc(C2=NN(C3=NC(=O)CS3)C(c3ccccc3C)C2)cc1C. The fraction of sp³-hybridized carbons (Fsp3) is 0.286. The van der Waals surface area contributed by atoms with E-state index in [4.69, 9.17) is 5.10 Å². The Morgan fingerprint density at radius 3 is 2.54 bits per heavy atom. The third-order valence-electron chi connectivity index (χ3n) is 5.04. The van der Waals surface area contributed by atoms with Crippen LogP contribution in [0.2, 0.25) is 0 Å². The summed E-state index contributed by atoms with van der Waals surface area (Å²) in [5.74, 6) is 0.323. The maximum atomic E-state index is 11.7. The molecule has 0 saturated heterocycles. The first kappa shape index (κ1) is 17.0. The van der Waals surface area contributed by atoms with Crippen LogP contribution in [0.25, 0.3) is 0 Å². The summed E-state index contributed by atoms with van der Waals surface area (Å²) in [6.07, 6.45) is 0.807. The smallest absolute Gasteiger partial charge is 0.258 e. The summed E-state index contributed by atoms with van der Waals surface area (Å²) in [6.45, 7) is 6.37. The van der Waals surface area contributed by atoms with Crippen molar-refractivity contribution in [3.63, 3.8) is 0 Å². The van der Waals surface area contributed by atoms with E-state index in [0.717, 1.165) is 17.7 Å². The van der Waals surface area contributed by atoms with Gasteiger partial charge >= 0.3 is 0 Å². The number of carbonyl (C=O) groups is 1. The summed E-state index contributed by atoms with van der Waals surface area (Å²) >= 11 is 1.47. The van der Waals surface area contributed by atoms with Gasteiger partial charge in [0.15, 0.2) is 5.17 Å². The average Bonchev–Trinajstić information content (AvgIpc) is 3.24. The summed E-state index contributed by atoms with van der Waals surface area (Å²) in [4.78, 5) is 15.9. The molecule has 132 valence electrons. The van der Waals surface area contributed by atoms with Gasteiger partial charge in [-0.05, 0) is 54.7 Å². The summed E-state index contributed by atoms with van der Waals surface area (Å²) in [6, 6.07) is 14.9. The molecule has 2 aliphatic rings. The molecule has 1 atom stereocenters. The molecule has 0 aromatic heterocycles. The van der Waals surface area contributed by atoms with E-state index in [1.54, 1.807) is 0 Å². The van der Waals surface area contributed by atoms with E-state index in [0.29, 0.717) is 10.9 Å². The first-order chi connectivity index (χ1) is 12.5. The highest BCUT2D eigenvalue weighted by molar-refractivity contribution is 8.14. The topological polar surface area (TPSA) is 45.0 Å². The lowest BCUT2D eigenvalue weighted by Gasteiger charge is -2.24. The van der Waals surface area contributed by atoms with Gasteiger partial charge in [-0.3, -0.25) is 4.79 Å². The molecule has 0 fully saturated rings. The molecule has 1 amide bonds. The van der Waals surface area contributed by atoms with E-state index in [2.05, 4.69) is 68.2 Å². The second-order valence-corrected chi connectivity index (χ2v) is 7.79. The summed E-state index contributed by atoms with van der Waals surface area (Å²) in [5.41, 5.74) is 7.19. The average molecular weight is 363 g/mol. The Morgan fingerprint density at radius 1 is 1.04 bits per heavy atom. The molecule has 4 nitrogen and oxygen atoms in total. The van der Waals surface area contributed by atoms with Crippen molar-refractivity contribution in [3.8, 4) is 0 Å². The summed E-state index contributed by atoms with van der Waals surface area (Å²) in [5, 5.41) is 7.55. The number of amides is 1. The Kier molecular flexibility index (Phi) is 4.41. The number of nitrogens with zero attached hydrogens (tertiary/aromatic N) is 3. The van der Waals surface area contributed by atoms with E-state index >= 15 is 0 Å². The van der Waals surface area contributed by atoms with Crippen molar-refractivity contribution in [2.45, 2.75) is 33.2 Å². The number of hydrogen-bond acceptors (Lipinski definition) is 4. The van der Waals surface area contributed by atoms with Crippen molar-refractivity contribution in [3.05, 3.63) is 70.3 Å². The van der Waals surface area contributed by atoms with E-state index in [1.807, 2.05) is 5.01 Å². The number of amidine groups is 1. The number of hydrogen-bond donors (Lipinski definition) is 0. The van der Waals surface area contributed by atoms with Crippen LogP contribution in [0, 0.1) is 20.8 Å². The molecule has 5 heteroatoms. The maximum Gasteiger partial charge on any atom is 0.258 e. The molecule has 26 heavy (non-hydrogen) atoms. The zero-order valence-electron chi connectivity index (χ0n) is 15.2. The molecular formula is C21H21N3OS. The van der Waals surface area contributed by atoms with Crippen LogP contribution in [0.3, 0.4) is 0 Å². The van der Waals surface area contributed by atoms with Gasteiger partial charge in [0.1, 0.15) is 0 Å². The molecule has 0 bridgehead atoms. The van der Waals surface area contributed by atoms with Crippen LogP contribution in [0.1, 0.15) is 40.3 Å². The third-order valence-corrected chi connectivity index (χ3v) is 5.97. The molecule has 1 unspecified atom stereocenters. The van der Waals surface area contributed by atoms with Gasteiger partial charge in [0.05, 0.1) is 17.5 Å². The quantitative estimate of drug-likeness (QED) is 0.795. The minimum atomic E-state index is -0.0802. The molecule has 0 N–H and O–H groups in total. The Bertz CT molecular complexity index is 948. The van der Waals surface area contributed by atoms with Crippen molar-refractivity contribution < 1.29 is 4.79 Å². The largest absolute Gasteiger partial charge is 0.272 e. The number of hydrazone groups is 1. The van der Waals surface area contributed by atoms with Crippen LogP contribution < -0.4 is 0 Å². The van der Waals surface area contributed by atoms with Gasteiger partial charge < -0.3 is 0 Å². The molecule has 4 rings (SSSR count). The first-order valence-corrected chi connectivity index (χ1v) is 9.75. The zero-order valence-corrected chi connectivity index (χ0v) is 16.0. The van der Waals surface area contributed by atoms with Crippen molar-refractivity contribution >= 4 is 28.5 Å².